The van der Waals surface area contributed by atoms with E-state index < -0.39 is 37.0 Å². The van der Waals surface area contributed by atoms with E-state index in [1.807, 2.05) is 0 Å². The predicted molar refractivity (Wildman–Crippen MR) is 70.0 cm³/mol. The normalized spacial score (nSPS) is 15.8. The molecule has 9 heteroatoms. The highest BCUT2D eigenvalue weighted by molar-refractivity contribution is 7.89. The second-order valence-corrected chi connectivity index (χ2v) is 6.46. The number of halogens is 1. The highest BCUT2D eigenvalue weighted by Gasteiger charge is 2.27. The van der Waals surface area contributed by atoms with Crippen molar-refractivity contribution in [3.63, 3.8) is 0 Å². The van der Waals surface area contributed by atoms with Crippen molar-refractivity contribution in [2.75, 3.05) is 12.3 Å². The van der Waals surface area contributed by atoms with Crippen molar-refractivity contribution in [2.24, 2.45) is 5.92 Å². The third-order valence-electron chi connectivity index (χ3n) is 3.32. The van der Waals surface area contributed by atoms with Crippen molar-refractivity contribution in [3.8, 4) is 0 Å². The third kappa shape index (κ3) is 2.88. The van der Waals surface area contributed by atoms with E-state index in [1.54, 1.807) is 0 Å². The predicted octanol–water partition coefficient (Wildman–Crippen LogP) is 1.39. The first-order chi connectivity index (χ1) is 9.31. The van der Waals surface area contributed by atoms with Gasteiger partial charge in [0.05, 0.1) is 16.7 Å². The molecule has 3 N–H and O–H groups in total. The number of hydrogen-bond acceptors (Lipinski definition) is 5. The van der Waals surface area contributed by atoms with Crippen molar-refractivity contribution >= 4 is 21.4 Å². The van der Waals surface area contributed by atoms with Crippen LogP contribution in [0, 0.1) is 21.8 Å². The summed E-state index contributed by atoms with van der Waals surface area (Å²) >= 11 is 0. The Labute approximate surface area is 115 Å². The van der Waals surface area contributed by atoms with Crippen molar-refractivity contribution in [1.29, 1.82) is 0 Å². The second-order valence-electron chi connectivity index (χ2n) is 4.75. The smallest absolute Gasteiger partial charge is 0.274 e. The largest absolute Gasteiger partial charge is 0.397 e. The van der Waals surface area contributed by atoms with Gasteiger partial charge in [-0.05, 0) is 18.8 Å². The van der Waals surface area contributed by atoms with E-state index in [4.69, 9.17) is 5.73 Å². The lowest BCUT2D eigenvalue weighted by atomic mass is 9.86. The molecule has 0 aliphatic heterocycles. The van der Waals surface area contributed by atoms with Crippen molar-refractivity contribution < 1.29 is 17.7 Å². The van der Waals surface area contributed by atoms with Gasteiger partial charge in [0.2, 0.25) is 10.0 Å². The van der Waals surface area contributed by atoms with Gasteiger partial charge < -0.3 is 5.73 Å². The number of nitrogens with two attached hydrogens (primary N) is 1. The Kier molecular flexibility index (Phi) is 3.91. The van der Waals surface area contributed by atoms with Gasteiger partial charge in [0.1, 0.15) is 4.90 Å². The minimum absolute atomic E-state index is 0.220. The van der Waals surface area contributed by atoms with Gasteiger partial charge in [-0.2, -0.15) is 0 Å². The van der Waals surface area contributed by atoms with Gasteiger partial charge in [0.25, 0.3) is 5.69 Å². The summed E-state index contributed by atoms with van der Waals surface area (Å²) in [6, 6.07) is 1.38. The van der Waals surface area contributed by atoms with E-state index in [0.717, 1.165) is 25.3 Å². The molecule has 0 radical (unpaired) electrons. The third-order valence-corrected chi connectivity index (χ3v) is 4.84. The van der Waals surface area contributed by atoms with E-state index in [9.17, 15) is 22.9 Å². The molecule has 110 valence electrons. The molecule has 0 amide bonds. The van der Waals surface area contributed by atoms with Gasteiger partial charge in [0.15, 0.2) is 5.82 Å². The first-order valence-corrected chi connectivity index (χ1v) is 7.52. The Balaban J connectivity index is 2.28. The standard InChI is InChI=1S/C11H14FN3O4S/c12-9-4-8(15(16)17)5-10(13)11(9)20(18,19)14-6-7-2-1-3-7/h4-5,7,14H,1-3,6,13H2. The maximum absolute atomic E-state index is 13.8. The maximum atomic E-state index is 13.8. The molecule has 1 aliphatic rings. The number of benzene rings is 1. The molecule has 1 fully saturated rings. The average molecular weight is 303 g/mol. The number of sulfonamides is 1. The number of nitrogen functional groups attached to an aromatic ring is 1. The molecule has 0 heterocycles. The van der Waals surface area contributed by atoms with Gasteiger partial charge in [-0.25, -0.2) is 17.5 Å². The van der Waals surface area contributed by atoms with Crippen LogP contribution in [0.15, 0.2) is 17.0 Å². The Morgan fingerprint density at radius 1 is 1.45 bits per heavy atom. The molecule has 1 aliphatic carbocycles. The maximum Gasteiger partial charge on any atom is 0.274 e. The molecular formula is C11H14FN3O4S. The number of nitro groups is 1. The van der Waals surface area contributed by atoms with Crippen LogP contribution in [0.1, 0.15) is 19.3 Å². The van der Waals surface area contributed by atoms with E-state index in [1.165, 1.54) is 0 Å². The van der Waals surface area contributed by atoms with Crippen LogP contribution in [0.4, 0.5) is 15.8 Å². The van der Waals surface area contributed by atoms with E-state index >= 15 is 0 Å². The topological polar surface area (TPSA) is 115 Å². The lowest BCUT2D eigenvalue weighted by Crippen LogP contribution is -2.33. The molecule has 1 aromatic rings. The summed E-state index contributed by atoms with van der Waals surface area (Å²) in [6.07, 6.45) is 2.92. The molecule has 1 saturated carbocycles. The average Bonchev–Trinajstić information content (AvgIpc) is 2.24. The monoisotopic (exact) mass is 303 g/mol. The molecule has 0 unspecified atom stereocenters. The molecule has 2 rings (SSSR count). The second kappa shape index (κ2) is 5.33. The van der Waals surface area contributed by atoms with E-state index in [2.05, 4.69) is 4.72 Å². The molecule has 7 nitrogen and oxygen atoms in total. The number of nitrogens with zero attached hydrogens (tertiary/aromatic N) is 1. The summed E-state index contributed by atoms with van der Waals surface area (Å²) in [4.78, 5) is 8.98. The number of nitro benzene ring substituents is 1. The van der Waals surface area contributed by atoms with E-state index in [-0.39, 0.29) is 12.5 Å². The Morgan fingerprint density at radius 3 is 2.55 bits per heavy atom. The molecule has 0 spiro atoms. The molecule has 20 heavy (non-hydrogen) atoms. The minimum atomic E-state index is -4.11. The van der Waals surface area contributed by atoms with Gasteiger partial charge >= 0.3 is 0 Å². The molecule has 0 atom stereocenters. The Bertz CT molecular complexity index is 620. The molecular weight excluding hydrogens is 289 g/mol. The molecule has 1 aromatic carbocycles. The van der Waals surface area contributed by atoms with Gasteiger partial charge in [-0.15, -0.1) is 0 Å². The van der Waals surface area contributed by atoms with Crippen LogP contribution < -0.4 is 10.5 Å². The molecule has 0 saturated heterocycles. The summed E-state index contributed by atoms with van der Waals surface area (Å²) in [5, 5.41) is 10.5. The van der Waals surface area contributed by atoms with Crippen LogP contribution in [0.25, 0.3) is 0 Å². The fourth-order valence-electron chi connectivity index (χ4n) is 1.99. The van der Waals surface area contributed by atoms with Crippen LogP contribution in [0.5, 0.6) is 0 Å². The van der Waals surface area contributed by atoms with Gasteiger partial charge in [-0.1, -0.05) is 6.42 Å². The highest BCUT2D eigenvalue weighted by Crippen LogP contribution is 2.29. The lowest BCUT2D eigenvalue weighted by molar-refractivity contribution is -0.385. The van der Waals surface area contributed by atoms with E-state index in [0.29, 0.717) is 6.07 Å². The van der Waals surface area contributed by atoms with Gasteiger partial charge in [-0.3, -0.25) is 10.1 Å². The zero-order valence-corrected chi connectivity index (χ0v) is 11.3. The fourth-order valence-corrected chi connectivity index (χ4v) is 3.27. The Morgan fingerprint density at radius 2 is 2.10 bits per heavy atom. The summed E-state index contributed by atoms with van der Waals surface area (Å²) < 4.78 is 40.1. The molecule has 0 aromatic heterocycles. The van der Waals surface area contributed by atoms with Crippen molar-refractivity contribution in [3.05, 3.63) is 28.1 Å². The summed E-state index contributed by atoms with van der Waals surface area (Å²) in [7, 11) is -4.11. The first kappa shape index (κ1) is 14.7. The number of nitrogens with one attached hydrogen (secondary N) is 1. The lowest BCUT2D eigenvalue weighted by Gasteiger charge is -2.25. The number of non-ortho nitro benzene ring substituents is 1. The number of anilines is 1. The van der Waals surface area contributed by atoms with Crippen LogP contribution in [0.2, 0.25) is 0 Å². The zero-order valence-electron chi connectivity index (χ0n) is 10.5. The van der Waals surface area contributed by atoms with Crippen LogP contribution >= 0.6 is 0 Å². The highest BCUT2D eigenvalue weighted by atomic mass is 32.2. The summed E-state index contributed by atoms with van der Waals surface area (Å²) in [6.45, 7) is 0.220. The number of hydrogen-bond donors (Lipinski definition) is 2. The SMILES string of the molecule is Nc1cc([N+](=O)[O-])cc(F)c1S(=O)(=O)NCC1CCC1. The van der Waals surface area contributed by atoms with Crippen LogP contribution in [0.3, 0.4) is 0 Å². The molecule has 0 bridgehead atoms. The zero-order chi connectivity index (χ0) is 14.9. The Hall–Kier alpha value is -1.74. The van der Waals surface area contributed by atoms with Crippen LogP contribution in [-0.2, 0) is 10.0 Å². The summed E-state index contributed by atoms with van der Waals surface area (Å²) in [5.74, 6) is -0.968. The fraction of sp³-hybridized carbons (Fsp3) is 0.455. The summed E-state index contributed by atoms with van der Waals surface area (Å²) in [5.41, 5.74) is 4.38. The van der Waals surface area contributed by atoms with Crippen molar-refractivity contribution in [1.82, 2.24) is 4.72 Å². The van der Waals surface area contributed by atoms with Crippen molar-refractivity contribution in [2.45, 2.75) is 24.2 Å². The number of rotatable bonds is 5. The first-order valence-electron chi connectivity index (χ1n) is 6.04. The quantitative estimate of drug-likeness (QED) is 0.484. The minimum Gasteiger partial charge on any atom is -0.397 e. The van der Waals surface area contributed by atoms with Crippen LogP contribution in [-0.4, -0.2) is 19.9 Å². The van der Waals surface area contributed by atoms with Gasteiger partial charge in [0, 0.05) is 12.6 Å².